The van der Waals surface area contributed by atoms with Crippen LogP contribution in [0.15, 0.2) is 54.6 Å². The summed E-state index contributed by atoms with van der Waals surface area (Å²) in [4.78, 5) is 12.1. The highest BCUT2D eigenvalue weighted by atomic mass is 16.1. The number of benzene rings is 2. The van der Waals surface area contributed by atoms with Crippen LogP contribution in [-0.4, -0.2) is 5.78 Å². The Morgan fingerprint density at radius 1 is 1.00 bits per heavy atom. The maximum Gasteiger partial charge on any atom is 0.184 e. The first-order valence-corrected chi connectivity index (χ1v) is 5.60. The van der Waals surface area contributed by atoms with Crippen LogP contribution in [0.1, 0.15) is 27.5 Å². The third kappa shape index (κ3) is 2.60. The Morgan fingerprint density at radius 2 is 1.59 bits per heavy atom. The molecule has 0 saturated heterocycles. The molecule has 2 nitrogen and oxygen atoms in total. The molecule has 0 fully saturated rings. The quantitative estimate of drug-likeness (QED) is 0.816. The Bertz CT molecular complexity index is 502. The van der Waals surface area contributed by atoms with Gasteiger partial charge in [-0.15, -0.1) is 0 Å². The largest absolute Gasteiger partial charge is 0.318 e. The van der Waals surface area contributed by atoms with Crippen LogP contribution in [0.2, 0.25) is 0 Å². The zero-order chi connectivity index (χ0) is 12.3. The predicted octanol–water partition coefficient (Wildman–Crippen LogP) is 2.88. The summed E-state index contributed by atoms with van der Waals surface area (Å²) in [7, 11) is 0. The number of nitrogens with two attached hydrogens (primary N) is 1. The van der Waals surface area contributed by atoms with Crippen molar-refractivity contribution in [2.24, 2.45) is 5.73 Å². The van der Waals surface area contributed by atoms with E-state index in [1.54, 1.807) is 12.1 Å². The van der Waals surface area contributed by atoms with Crippen molar-refractivity contribution < 1.29 is 4.79 Å². The highest BCUT2D eigenvalue weighted by Gasteiger charge is 2.16. The second-order valence-corrected chi connectivity index (χ2v) is 4.12. The molecule has 2 rings (SSSR count). The van der Waals surface area contributed by atoms with Gasteiger partial charge in [0.25, 0.3) is 0 Å². The number of Topliss-reactive ketones (excluding diaryl/α,β-unsaturated/α-hetero) is 1. The first kappa shape index (κ1) is 11.6. The van der Waals surface area contributed by atoms with Crippen LogP contribution in [0, 0.1) is 6.92 Å². The van der Waals surface area contributed by atoms with Crippen molar-refractivity contribution in [3.8, 4) is 0 Å². The fourth-order valence-corrected chi connectivity index (χ4v) is 1.71. The number of rotatable bonds is 3. The predicted molar refractivity (Wildman–Crippen MR) is 68.9 cm³/mol. The summed E-state index contributed by atoms with van der Waals surface area (Å²) in [5, 5.41) is 0. The van der Waals surface area contributed by atoms with Crippen LogP contribution < -0.4 is 5.73 Å². The van der Waals surface area contributed by atoms with Crippen molar-refractivity contribution in [1.29, 1.82) is 0 Å². The lowest BCUT2D eigenvalue weighted by Gasteiger charge is -2.11. The molecule has 0 amide bonds. The van der Waals surface area contributed by atoms with E-state index < -0.39 is 6.04 Å². The normalized spacial score (nSPS) is 12.1. The maximum atomic E-state index is 12.1. The minimum absolute atomic E-state index is 0.0468. The van der Waals surface area contributed by atoms with E-state index in [4.69, 9.17) is 5.73 Å². The molecule has 0 radical (unpaired) electrons. The number of aryl methyl sites for hydroxylation is 1. The number of hydrogen-bond acceptors (Lipinski definition) is 2. The maximum absolute atomic E-state index is 12.1. The molecule has 86 valence electrons. The lowest BCUT2D eigenvalue weighted by atomic mass is 9.98. The Hall–Kier alpha value is -1.93. The van der Waals surface area contributed by atoms with Crippen molar-refractivity contribution in [1.82, 2.24) is 0 Å². The van der Waals surface area contributed by atoms with Crippen LogP contribution in [0.25, 0.3) is 0 Å². The van der Waals surface area contributed by atoms with E-state index in [9.17, 15) is 4.79 Å². The van der Waals surface area contributed by atoms with Crippen molar-refractivity contribution in [2.75, 3.05) is 0 Å². The molecule has 2 aromatic rings. The van der Waals surface area contributed by atoms with Gasteiger partial charge in [-0.3, -0.25) is 4.79 Å². The molecule has 0 spiro atoms. The minimum atomic E-state index is -0.585. The first-order valence-electron chi connectivity index (χ1n) is 5.60. The van der Waals surface area contributed by atoms with Crippen LogP contribution in [0.3, 0.4) is 0 Å². The number of ketones is 1. The van der Waals surface area contributed by atoms with E-state index in [1.807, 2.05) is 49.4 Å². The zero-order valence-electron chi connectivity index (χ0n) is 9.76. The summed E-state index contributed by atoms with van der Waals surface area (Å²) in [6.07, 6.45) is 0. The monoisotopic (exact) mass is 225 g/mol. The summed E-state index contributed by atoms with van der Waals surface area (Å²) in [6.45, 7) is 2.01. The van der Waals surface area contributed by atoms with E-state index in [1.165, 1.54) is 0 Å². The summed E-state index contributed by atoms with van der Waals surface area (Å²) in [5.74, 6) is -0.0468. The average molecular weight is 225 g/mol. The second-order valence-electron chi connectivity index (χ2n) is 4.12. The number of carbonyl (C=O) groups is 1. The Morgan fingerprint density at radius 3 is 2.18 bits per heavy atom. The van der Waals surface area contributed by atoms with Crippen molar-refractivity contribution in [3.05, 3.63) is 71.3 Å². The van der Waals surface area contributed by atoms with Crippen LogP contribution >= 0.6 is 0 Å². The van der Waals surface area contributed by atoms with Crippen molar-refractivity contribution >= 4 is 5.78 Å². The van der Waals surface area contributed by atoms with E-state index in [2.05, 4.69) is 0 Å². The fourth-order valence-electron chi connectivity index (χ4n) is 1.71. The summed E-state index contributed by atoms with van der Waals surface area (Å²) < 4.78 is 0. The van der Waals surface area contributed by atoms with E-state index in [-0.39, 0.29) is 5.78 Å². The van der Waals surface area contributed by atoms with Gasteiger partial charge in [0.2, 0.25) is 0 Å². The molecule has 0 bridgehead atoms. The zero-order valence-corrected chi connectivity index (χ0v) is 9.76. The molecule has 2 aromatic carbocycles. The van der Waals surface area contributed by atoms with Crippen LogP contribution in [0.5, 0.6) is 0 Å². The molecule has 0 aliphatic heterocycles. The third-order valence-electron chi connectivity index (χ3n) is 2.78. The molecule has 0 heterocycles. The topological polar surface area (TPSA) is 43.1 Å². The number of carbonyl (C=O) groups excluding carboxylic acids is 1. The highest BCUT2D eigenvalue weighted by Crippen LogP contribution is 2.16. The van der Waals surface area contributed by atoms with Gasteiger partial charge in [0.1, 0.15) is 0 Å². The fraction of sp³-hybridized carbons (Fsp3) is 0.133. The Labute approximate surface area is 101 Å². The van der Waals surface area contributed by atoms with E-state index in [0.717, 1.165) is 11.1 Å². The lowest BCUT2D eigenvalue weighted by molar-refractivity contribution is 0.0961. The Balaban J connectivity index is 2.23. The summed E-state index contributed by atoms with van der Waals surface area (Å²) in [5.41, 5.74) is 8.64. The molecule has 2 heteroatoms. The van der Waals surface area contributed by atoms with Crippen molar-refractivity contribution in [3.63, 3.8) is 0 Å². The molecule has 0 aromatic heterocycles. The van der Waals surface area contributed by atoms with Gasteiger partial charge < -0.3 is 5.73 Å². The van der Waals surface area contributed by atoms with Gasteiger partial charge in [0.05, 0.1) is 6.04 Å². The third-order valence-corrected chi connectivity index (χ3v) is 2.78. The molecule has 0 aliphatic rings. The van der Waals surface area contributed by atoms with Gasteiger partial charge in [0.15, 0.2) is 5.78 Å². The highest BCUT2D eigenvalue weighted by molar-refractivity contribution is 6.00. The summed E-state index contributed by atoms with van der Waals surface area (Å²) in [6, 6.07) is 16.3. The Kier molecular flexibility index (Phi) is 3.35. The second kappa shape index (κ2) is 4.93. The SMILES string of the molecule is Cc1ccc([C@@H](N)C(=O)c2ccccc2)cc1. The minimum Gasteiger partial charge on any atom is -0.318 e. The van der Waals surface area contributed by atoms with Crippen LogP contribution in [0.4, 0.5) is 0 Å². The van der Waals surface area contributed by atoms with E-state index >= 15 is 0 Å². The molecular formula is C15H15NO. The van der Waals surface area contributed by atoms with E-state index in [0.29, 0.717) is 5.56 Å². The van der Waals surface area contributed by atoms with Crippen molar-refractivity contribution in [2.45, 2.75) is 13.0 Å². The smallest absolute Gasteiger partial charge is 0.184 e. The van der Waals surface area contributed by atoms with Gasteiger partial charge in [-0.2, -0.15) is 0 Å². The van der Waals surface area contributed by atoms with Gasteiger partial charge in [-0.05, 0) is 12.5 Å². The molecule has 17 heavy (non-hydrogen) atoms. The standard InChI is InChI=1S/C15H15NO/c1-11-7-9-12(10-8-11)14(16)15(17)13-5-3-2-4-6-13/h2-10,14H,16H2,1H3/t14-/m1/s1. The van der Waals surface area contributed by atoms with Crippen LogP contribution in [-0.2, 0) is 0 Å². The van der Waals surface area contributed by atoms with Gasteiger partial charge >= 0.3 is 0 Å². The van der Waals surface area contributed by atoms with Gasteiger partial charge in [-0.25, -0.2) is 0 Å². The molecule has 2 N–H and O–H groups in total. The summed E-state index contributed by atoms with van der Waals surface area (Å²) >= 11 is 0. The number of hydrogen-bond donors (Lipinski definition) is 1. The lowest BCUT2D eigenvalue weighted by Crippen LogP contribution is -2.21. The molecule has 1 atom stereocenters. The van der Waals surface area contributed by atoms with Gasteiger partial charge in [-0.1, -0.05) is 60.2 Å². The average Bonchev–Trinajstić information content (AvgIpc) is 2.39. The molecule has 0 aliphatic carbocycles. The van der Waals surface area contributed by atoms with Gasteiger partial charge in [0, 0.05) is 5.56 Å². The molecular weight excluding hydrogens is 210 g/mol. The molecule has 0 saturated carbocycles. The molecule has 0 unspecified atom stereocenters. The first-order chi connectivity index (χ1) is 8.18.